The van der Waals surface area contributed by atoms with Crippen molar-refractivity contribution in [3.63, 3.8) is 0 Å². The number of benzene rings is 2. The van der Waals surface area contributed by atoms with E-state index in [1.807, 2.05) is 73.3 Å². The Balaban J connectivity index is 1.37. The SMILES string of the molecule is C[C@@H]1CN(C(=O)c2ccc(CNC(=O)c3ccc4ccccc4n3)cc2)C[C@H](C)O1. The summed E-state index contributed by atoms with van der Waals surface area (Å²) in [5, 5.41) is 3.89. The minimum absolute atomic E-state index is 0.00736. The molecule has 0 saturated carbocycles. The number of fused-ring (bicyclic) bond motifs is 1. The number of hydrogen-bond acceptors (Lipinski definition) is 4. The fraction of sp³-hybridized carbons (Fsp3) is 0.292. The molecule has 0 radical (unpaired) electrons. The molecule has 1 aliphatic rings. The van der Waals surface area contributed by atoms with Crippen molar-refractivity contribution >= 4 is 22.7 Å². The molecule has 154 valence electrons. The van der Waals surface area contributed by atoms with E-state index in [-0.39, 0.29) is 24.0 Å². The fourth-order valence-corrected chi connectivity index (χ4v) is 3.76. The predicted octanol–water partition coefficient (Wildman–Crippen LogP) is 3.41. The number of aromatic nitrogens is 1. The van der Waals surface area contributed by atoms with Crippen molar-refractivity contribution in [1.29, 1.82) is 0 Å². The van der Waals surface area contributed by atoms with Gasteiger partial charge in [0.25, 0.3) is 11.8 Å². The molecule has 4 rings (SSSR count). The number of amides is 2. The van der Waals surface area contributed by atoms with Crippen LogP contribution in [0.2, 0.25) is 0 Å². The van der Waals surface area contributed by atoms with Gasteiger partial charge in [0.1, 0.15) is 5.69 Å². The lowest BCUT2D eigenvalue weighted by Gasteiger charge is -2.35. The summed E-state index contributed by atoms with van der Waals surface area (Å²) in [4.78, 5) is 31.5. The Bertz CT molecular complexity index is 1050. The van der Waals surface area contributed by atoms with Crippen LogP contribution in [0.15, 0.2) is 60.7 Å². The number of hydrogen-bond donors (Lipinski definition) is 1. The number of carbonyl (C=O) groups excluding carboxylic acids is 2. The summed E-state index contributed by atoms with van der Waals surface area (Å²) in [6.07, 6.45) is 0.0757. The van der Waals surface area contributed by atoms with Crippen molar-refractivity contribution in [2.45, 2.75) is 32.6 Å². The maximum absolute atomic E-state index is 12.8. The maximum Gasteiger partial charge on any atom is 0.270 e. The highest BCUT2D eigenvalue weighted by molar-refractivity contribution is 5.95. The van der Waals surface area contributed by atoms with E-state index in [4.69, 9.17) is 4.74 Å². The van der Waals surface area contributed by atoms with Gasteiger partial charge in [-0.3, -0.25) is 9.59 Å². The fourth-order valence-electron chi connectivity index (χ4n) is 3.76. The first-order chi connectivity index (χ1) is 14.5. The van der Waals surface area contributed by atoms with Gasteiger partial charge in [-0.1, -0.05) is 36.4 Å². The highest BCUT2D eigenvalue weighted by Gasteiger charge is 2.26. The third kappa shape index (κ3) is 4.49. The molecule has 0 bridgehead atoms. The van der Waals surface area contributed by atoms with Crippen LogP contribution < -0.4 is 5.32 Å². The van der Waals surface area contributed by atoms with Crippen LogP contribution >= 0.6 is 0 Å². The Kier molecular flexibility index (Phi) is 5.77. The van der Waals surface area contributed by atoms with E-state index in [0.717, 1.165) is 16.5 Å². The molecule has 1 saturated heterocycles. The van der Waals surface area contributed by atoms with E-state index < -0.39 is 0 Å². The van der Waals surface area contributed by atoms with Crippen LogP contribution in [0.25, 0.3) is 10.9 Å². The van der Waals surface area contributed by atoms with Gasteiger partial charge in [-0.05, 0) is 43.7 Å². The molecular formula is C24H25N3O3. The smallest absolute Gasteiger partial charge is 0.270 e. The Hall–Kier alpha value is -3.25. The molecule has 1 aliphatic heterocycles. The Morgan fingerprint density at radius 1 is 1.00 bits per heavy atom. The molecule has 2 atom stereocenters. The zero-order valence-corrected chi connectivity index (χ0v) is 17.2. The molecule has 1 aromatic heterocycles. The van der Waals surface area contributed by atoms with E-state index in [1.165, 1.54) is 0 Å². The highest BCUT2D eigenvalue weighted by atomic mass is 16.5. The second kappa shape index (κ2) is 8.63. The van der Waals surface area contributed by atoms with Crippen molar-refractivity contribution in [2.75, 3.05) is 13.1 Å². The lowest BCUT2D eigenvalue weighted by molar-refractivity contribution is -0.0586. The molecule has 30 heavy (non-hydrogen) atoms. The molecule has 1 N–H and O–H groups in total. The molecule has 2 amide bonds. The van der Waals surface area contributed by atoms with Crippen molar-refractivity contribution in [1.82, 2.24) is 15.2 Å². The summed E-state index contributed by atoms with van der Waals surface area (Å²) in [5.41, 5.74) is 2.74. The molecule has 0 unspecified atom stereocenters. The summed E-state index contributed by atoms with van der Waals surface area (Å²) >= 11 is 0. The maximum atomic E-state index is 12.8. The first kappa shape index (κ1) is 20.0. The Morgan fingerprint density at radius 2 is 1.70 bits per heavy atom. The molecule has 0 spiro atoms. The Morgan fingerprint density at radius 3 is 2.43 bits per heavy atom. The standard InChI is InChI=1S/C24H25N3O3/c1-16-14-27(15-17(2)30-16)24(29)20-9-7-18(8-10-20)13-25-23(28)22-12-11-19-5-3-4-6-21(19)26-22/h3-12,16-17H,13-15H2,1-2H3,(H,25,28)/t16-,17+. The number of nitrogens with zero attached hydrogens (tertiary/aromatic N) is 2. The minimum atomic E-state index is -0.225. The normalized spacial score (nSPS) is 18.9. The molecule has 2 heterocycles. The number of carbonyl (C=O) groups is 2. The number of para-hydroxylation sites is 1. The van der Waals surface area contributed by atoms with Gasteiger partial charge in [-0.15, -0.1) is 0 Å². The first-order valence-corrected chi connectivity index (χ1v) is 10.2. The quantitative estimate of drug-likeness (QED) is 0.725. The van der Waals surface area contributed by atoms with Crippen LogP contribution in [0.3, 0.4) is 0 Å². The van der Waals surface area contributed by atoms with Crippen molar-refractivity contribution in [3.05, 3.63) is 77.5 Å². The lowest BCUT2D eigenvalue weighted by Crippen LogP contribution is -2.48. The van der Waals surface area contributed by atoms with Gasteiger partial charge >= 0.3 is 0 Å². The number of ether oxygens (including phenoxy) is 1. The van der Waals surface area contributed by atoms with E-state index in [9.17, 15) is 9.59 Å². The van der Waals surface area contributed by atoms with Gasteiger partial charge in [-0.25, -0.2) is 4.98 Å². The number of pyridine rings is 1. The summed E-state index contributed by atoms with van der Waals surface area (Å²) in [6.45, 7) is 5.52. The third-order valence-corrected chi connectivity index (χ3v) is 5.19. The van der Waals surface area contributed by atoms with Crippen molar-refractivity contribution in [2.24, 2.45) is 0 Å². The summed E-state index contributed by atoms with van der Waals surface area (Å²) in [7, 11) is 0. The van der Waals surface area contributed by atoms with Gasteiger partial charge < -0.3 is 15.0 Å². The van der Waals surface area contributed by atoms with E-state index in [1.54, 1.807) is 6.07 Å². The van der Waals surface area contributed by atoms with Gasteiger partial charge in [0.15, 0.2) is 0 Å². The third-order valence-electron chi connectivity index (χ3n) is 5.19. The van der Waals surface area contributed by atoms with Crippen LogP contribution in [-0.2, 0) is 11.3 Å². The van der Waals surface area contributed by atoms with Crippen molar-refractivity contribution < 1.29 is 14.3 Å². The average Bonchev–Trinajstić information content (AvgIpc) is 2.76. The highest BCUT2D eigenvalue weighted by Crippen LogP contribution is 2.15. The van der Waals surface area contributed by atoms with Gasteiger partial charge in [0.2, 0.25) is 0 Å². The minimum Gasteiger partial charge on any atom is -0.372 e. The van der Waals surface area contributed by atoms with E-state index in [0.29, 0.717) is 30.9 Å². The second-order valence-corrected chi connectivity index (χ2v) is 7.74. The van der Waals surface area contributed by atoms with Crippen LogP contribution in [0, 0.1) is 0 Å². The largest absolute Gasteiger partial charge is 0.372 e. The van der Waals surface area contributed by atoms with Gasteiger partial charge in [0.05, 0.1) is 17.7 Å². The molecule has 1 fully saturated rings. The summed E-state index contributed by atoms with van der Waals surface area (Å²) < 4.78 is 5.70. The first-order valence-electron chi connectivity index (χ1n) is 10.2. The molecule has 3 aromatic rings. The van der Waals surface area contributed by atoms with Crippen LogP contribution in [-0.4, -0.2) is 47.0 Å². The molecule has 0 aliphatic carbocycles. The molecular weight excluding hydrogens is 378 g/mol. The lowest BCUT2D eigenvalue weighted by atomic mass is 10.1. The van der Waals surface area contributed by atoms with Crippen LogP contribution in [0.1, 0.15) is 40.3 Å². The van der Waals surface area contributed by atoms with Crippen LogP contribution in [0.4, 0.5) is 0 Å². The zero-order valence-electron chi connectivity index (χ0n) is 17.2. The molecule has 2 aromatic carbocycles. The van der Waals surface area contributed by atoms with E-state index in [2.05, 4.69) is 10.3 Å². The number of morpholine rings is 1. The Labute approximate surface area is 175 Å². The molecule has 6 nitrogen and oxygen atoms in total. The van der Waals surface area contributed by atoms with Gasteiger partial charge in [0, 0.05) is 30.6 Å². The van der Waals surface area contributed by atoms with E-state index >= 15 is 0 Å². The topological polar surface area (TPSA) is 71.5 Å². The molecule has 6 heteroatoms. The van der Waals surface area contributed by atoms with Gasteiger partial charge in [-0.2, -0.15) is 0 Å². The number of rotatable bonds is 4. The van der Waals surface area contributed by atoms with Crippen LogP contribution in [0.5, 0.6) is 0 Å². The average molecular weight is 403 g/mol. The zero-order chi connectivity index (χ0) is 21.1. The summed E-state index contributed by atoms with van der Waals surface area (Å²) in [5.74, 6) is -0.217. The summed E-state index contributed by atoms with van der Waals surface area (Å²) in [6, 6.07) is 18.7. The van der Waals surface area contributed by atoms with Crippen molar-refractivity contribution in [3.8, 4) is 0 Å². The predicted molar refractivity (Wildman–Crippen MR) is 115 cm³/mol. The number of nitrogens with one attached hydrogen (secondary N) is 1. The second-order valence-electron chi connectivity index (χ2n) is 7.74. The monoisotopic (exact) mass is 403 g/mol.